The Hall–Kier alpha value is -1.42. The van der Waals surface area contributed by atoms with E-state index >= 15 is 0 Å². The minimum atomic E-state index is -0.274. The van der Waals surface area contributed by atoms with E-state index in [2.05, 4.69) is 4.98 Å². The van der Waals surface area contributed by atoms with Crippen LogP contribution in [0.3, 0.4) is 0 Å². The van der Waals surface area contributed by atoms with Gasteiger partial charge in [-0.3, -0.25) is 0 Å². The lowest BCUT2D eigenvalue weighted by molar-refractivity contribution is 0.265. The number of imidazole rings is 1. The van der Waals surface area contributed by atoms with Crippen molar-refractivity contribution in [1.82, 2.24) is 9.55 Å². The molecule has 0 radical (unpaired) electrons. The molecule has 0 saturated carbocycles. The summed E-state index contributed by atoms with van der Waals surface area (Å²) in [5.74, 6) is 0.321. The minimum Gasteiger partial charge on any atom is -0.388 e. The molecular weight excluding hydrogens is 195 g/mol. The number of aryl methyl sites for hydroxylation is 1. The zero-order chi connectivity index (χ0) is 10.8. The number of aromatic nitrogens is 2. The van der Waals surface area contributed by atoms with Gasteiger partial charge >= 0.3 is 0 Å². The number of benzene rings is 1. The van der Waals surface area contributed by atoms with Gasteiger partial charge in [-0.2, -0.15) is 0 Å². The van der Waals surface area contributed by atoms with Gasteiger partial charge in [-0.1, -0.05) is 6.92 Å². The number of fused-ring (bicyclic) bond motifs is 1. The van der Waals surface area contributed by atoms with Crippen LogP contribution < -0.4 is 0 Å². The highest BCUT2D eigenvalue weighted by Gasteiger charge is 2.09. The van der Waals surface area contributed by atoms with E-state index in [-0.39, 0.29) is 12.4 Å². The summed E-state index contributed by atoms with van der Waals surface area (Å²) in [5, 5.41) is 9.14. The zero-order valence-electron chi connectivity index (χ0n) is 8.57. The molecule has 0 unspecified atom stereocenters. The highest BCUT2D eigenvalue weighted by atomic mass is 19.1. The number of hydrogen-bond donors (Lipinski definition) is 1. The van der Waals surface area contributed by atoms with Gasteiger partial charge in [-0.15, -0.1) is 0 Å². The summed E-state index contributed by atoms with van der Waals surface area (Å²) in [4.78, 5) is 4.24. The Balaban J connectivity index is 2.65. The SMILES string of the molecule is CCCn1c(CO)nc2ccc(F)cc21. The quantitative estimate of drug-likeness (QED) is 0.838. The average molecular weight is 208 g/mol. The topological polar surface area (TPSA) is 38.0 Å². The van der Waals surface area contributed by atoms with E-state index < -0.39 is 0 Å². The molecule has 0 fully saturated rings. The van der Waals surface area contributed by atoms with Gasteiger partial charge < -0.3 is 9.67 Å². The Morgan fingerprint density at radius 2 is 2.27 bits per heavy atom. The van der Waals surface area contributed by atoms with E-state index in [1.807, 2.05) is 11.5 Å². The highest BCUT2D eigenvalue weighted by molar-refractivity contribution is 5.76. The van der Waals surface area contributed by atoms with Gasteiger partial charge in [0.05, 0.1) is 11.0 Å². The Kier molecular flexibility index (Phi) is 2.68. The maximum absolute atomic E-state index is 13.1. The Labute approximate surface area is 87.2 Å². The van der Waals surface area contributed by atoms with Crippen LogP contribution in [0.15, 0.2) is 18.2 Å². The fraction of sp³-hybridized carbons (Fsp3) is 0.364. The Bertz CT molecular complexity index is 479. The van der Waals surface area contributed by atoms with Crippen LogP contribution >= 0.6 is 0 Å². The first-order valence-corrected chi connectivity index (χ1v) is 5.01. The average Bonchev–Trinajstić information content (AvgIpc) is 2.57. The molecule has 4 heteroatoms. The van der Waals surface area contributed by atoms with Crippen molar-refractivity contribution >= 4 is 11.0 Å². The summed E-state index contributed by atoms with van der Waals surface area (Å²) in [6.07, 6.45) is 0.926. The third kappa shape index (κ3) is 1.72. The van der Waals surface area contributed by atoms with Crippen molar-refractivity contribution in [2.45, 2.75) is 26.5 Å². The summed E-state index contributed by atoms with van der Waals surface area (Å²) >= 11 is 0. The largest absolute Gasteiger partial charge is 0.388 e. The van der Waals surface area contributed by atoms with Gasteiger partial charge in [0.1, 0.15) is 18.2 Å². The molecule has 0 spiro atoms. The summed E-state index contributed by atoms with van der Waals surface area (Å²) in [5.41, 5.74) is 1.48. The molecule has 0 amide bonds. The fourth-order valence-corrected chi connectivity index (χ4v) is 1.74. The summed E-state index contributed by atoms with van der Waals surface area (Å²) in [6.45, 7) is 2.67. The van der Waals surface area contributed by atoms with E-state index in [1.165, 1.54) is 12.1 Å². The third-order valence-corrected chi connectivity index (χ3v) is 2.38. The van der Waals surface area contributed by atoms with Crippen LogP contribution in [0, 0.1) is 5.82 Å². The molecule has 0 aliphatic rings. The molecule has 0 saturated heterocycles. The standard InChI is InChI=1S/C11H13FN2O/c1-2-5-14-10-6-8(12)3-4-9(10)13-11(14)7-15/h3-4,6,15H,2,5,7H2,1H3. The summed E-state index contributed by atoms with van der Waals surface area (Å²) in [7, 11) is 0. The lowest BCUT2D eigenvalue weighted by Gasteiger charge is -2.04. The maximum atomic E-state index is 13.1. The van der Waals surface area contributed by atoms with Crippen molar-refractivity contribution in [2.75, 3.05) is 0 Å². The molecule has 2 rings (SSSR count). The van der Waals surface area contributed by atoms with Crippen molar-refractivity contribution in [3.63, 3.8) is 0 Å². The van der Waals surface area contributed by atoms with Crippen LogP contribution in [0.1, 0.15) is 19.2 Å². The molecule has 1 aromatic carbocycles. The van der Waals surface area contributed by atoms with Crippen LogP contribution in [-0.2, 0) is 13.2 Å². The lowest BCUT2D eigenvalue weighted by Crippen LogP contribution is -2.03. The molecule has 3 nitrogen and oxygen atoms in total. The van der Waals surface area contributed by atoms with Crippen LogP contribution in [0.2, 0.25) is 0 Å². The second-order valence-corrected chi connectivity index (χ2v) is 3.47. The van der Waals surface area contributed by atoms with Crippen LogP contribution in [0.4, 0.5) is 4.39 Å². The van der Waals surface area contributed by atoms with Crippen LogP contribution in [0.5, 0.6) is 0 Å². The van der Waals surface area contributed by atoms with Crippen molar-refractivity contribution in [3.8, 4) is 0 Å². The molecule has 80 valence electrons. The first-order chi connectivity index (χ1) is 7.26. The first kappa shape index (κ1) is 10.1. The van der Waals surface area contributed by atoms with E-state index in [1.54, 1.807) is 6.07 Å². The van der Waals surface area contributed by atoms with Crippen molar-refractivity contribution < 1.29 is 9.50 Å². The first-order valence-electron chi connectivity index (χ1n) is 5.01. The van der Waals surface area contributed by atoms with Gasteiger partial charge in [-0.05, 0) is 24.6 Å². The third-order valence-electron chi connectivity index (χ3n) is 2.38. The second-order valence-electron chi connectivity index (χ2n) is 3.47. The van der Waals surface area contributed by atoms with E-state index in [4.69, 9.17) is 5.11 Å². The molecule has 1 heterocycles. The van der Waals surface area contributed by atoms with Gasteiger partial charge in [0.2, 0.25) is 0 Å². The maximum Gasteiger partial charge on any atom is 0.135 e. The van der Waals surface area contributed by atoms with Crippen molar-refractivity contribution in [1.29, 1.82) is 0 Å². The molecule has 0 bridgehead atoms. The number of nitrogens with zero attached hydrogens (tertiary/aromatic N) is 2. The van der Waals surface area contributed by atoms with Gasteiger partial charge in [0.25, 0.3) is 0 Å². The molecule has 2 aromatic rings. The van der Waals surface area contributed by atoms with E-state index in [0.717, 1.165) is 24.0 Å². The van der Waals surface area contributed by atoms with E-state index in [9.17, 15) is 4.39 Å². The molecule has 0 aliphatic heterocycles. The minimum absolute atomic E-state index is 0.115. The lowest BCUT2D eigenvalue weighted by atomic mass is 10.3. The highest BCUT2D eigenvalue weighted by Crippen LogP contribution is 2.18. The number of aliphatic hydroxyl groups is 1. The smallest absolute Gasteiger partial charge is 0.135 e. The molecular formula is C11H13FN2O. The molecule has 0 aliphatic carbocycles. The summed E-state index contributed by atoms with van der Waals surface area (Å²) < 4.78 is 14.9. The molecule has 0 atom stereocenters. The molecule has 15 heavy (non-hydrogen) atoms. The monoisotopic (exact) mass is 208 g/mol. The Morgan fingerprint density at radius 1 is 1.47 bits per heavy atom. The number of hydrogen-bond acceptors (Lipinski definition) is 2. The van der Waals surface area contributed by atoms with Gasteiger partial charge in [-0.25, -0.2) is 9.37 Å². The Morgan fingerprint density at radius 3 is 2.93 bits per heavy atom. The number of aliphatic hydroxyl groups excluding tert-OH is 1. The normalized spacial score (nSPS) is 11.1. The summed E-state index contributed by atoms with van der Waals surface area (Å²) in [6, 6.07) is 4.47. The fourth-order valence-electron chi connectivity index (χ4n) is 1.74. The predicted molar refractivity (Wildman–Crippen MR) is 55.9 cm³/mol. The number of rotatable bonds is 3. The number of halogens is 1. The second kappa shape index (κ2) is 3.98. The predicted octanol–water partition coefficient (Wildman–Crippen LogP) is 2.08. The van der Waals surface area contributed by atoms with Gasteiger partial charge in [0, 0.05) is 6.54 Å². The van der Waals surface area contributed by atoms with Crippen molar-refractivity contribution in [3.05, 3.63) is 29.8 Å². The van der Waals surface area contributed by atoms with E-state index in [0.29, 0.717) is 5.82 Å². The van der Waals surface area contributed by atoms with Crippen molar-refractivity contribution in [2.24, 2.45) is 0 Å². The molecule has 1 aromatic heterocycles. The van der Waals surface area contributed by atoms with Crippen LogP contribution in [-0.4, -0.2) is 14.7 Å². The van der Waals surface area contributed by atoms with Crippen LogP contribution in [0.25, 0.3) is 11.0 Å². The zero-order valence-corrected chi connectivity index (χ0v) is 8.57. The van der Waals surface area contributed by atoms with Gasteiger partial charge in [0.15, 0.2) is 0 Å². The molecule has 1 N–H and O–H groups in total.